The maximum absolute atomic E-state index is 12.2. The summed E-state index contributed by atoms with van der Waals surface area (Å²) in [5.41, 5.74) is 1.56. The molecule has 1 saturated heterocycles. The van der Waals surface area contributed by atoms with Crippen LogP contribution < -0.4 is 10.5 Å². The first-order chi connectivity index (χ1) is 11.5. The molecule has 3 heteroatoms. The molecule has 2 aromatic carbocycles. The SMILES string of the molecule is C[C@@H]([C@H]1C(=O)N[C@@H]1/C=C/c1ccccc1)[Si](C)(C)c1ccccc1. The molecule has 0 aromatic heterocycles. The zero-order valence-corrected chi connectivity index (χ0v) is 15.6. The predicted molar refractivity (Wildman–Crippen MR) is 104 cm³/mol. The van der Waals surface area contributed by atoms with E-state index in [9.17, 15) is 4.79 Å². The number of nitrogens with one attached hydrogen (secondary N) is 1. The second-order valence-corrected chi connectivity index (χ2v) is 12.1. The zero-order valence-electron chi connectivity index (χ0n) is 14.6. The van der Waals surface area contributed by atoms with Gasteiger partial charge >= 0.3 is 0 Å². The largest absolute Gasteiger partial charge is 0.349 e. The number of hydrogen-bond donors (Lipinski definition) is 1. The summed E-state index contributed by atoms with van der Waals surface area (Å²) >= 11 is 0. The Morgan fingerprint density at radius 3 is 2.17 bits per heavy atom. The van der Waals surface area contributed by atoms with Crippen molar-refractivity contribution in [1.82, 2.24) is 5.32 Å². The minimum atomic E-state index is -1.70. The summed E-state index contributed by atoms with van der Waals surface area (Å²) in [6.07, 6.45) is 4.26. The first kappa shape index (κ1) is 16.7. The summed E-state index contributed by atoms with van der Waals surface area (Å²) in [4.78, 5) is 12.2. The van der Waals surface area contributed by atoms with Crippen molar-refractivity contribution in [3.8, 4) is 0 Å². The summed E-state index contributed by atoms with van der Waals surface area (Å²) in [5.74, 6) is 0.272. The first-order valence-corrected chi connectivity index (χ1v) is 11.7. The van der Waals surface area contributed by atoms with Gasteiger partial charge in [-0.05, 0) is 11.1 Å². The van der Waals surface area contributed by atoms with Crippen LogP contribution in [0.1, 0.15) is 12.5 Å². The van der Waals surface area contributed by atoms with Crippen molar-refractivity contribution in [2.24, 2.45) is 5.92 Å². The maximum Gasteiger partial charge on any atom is 0.225 e. The molecule has 0 aliphatic carbocycles. The standard InChI is InChI=1S/C21H25NOSi/c1-16(24(2,3)18-12-8-5-9-13-18)20-19(22-21(20)23)15-14-17-10-6-4-7-11-17/h4-16,19-20H,1-3H3,(H,22,23)/b15-14+/t16-,19+,20+/m0/s1. The van der Waals surface area contributed by atoms with E-state index in [4.69, 9.17) is 0 Å². The lowest BCUT2D eigenvalue weighted by Crippen LogP contribution is -2.63. The Balaban J connectivity index is 1.77. The van der Waals surface area contributed by atoms with E-state index >= 15 is 0 Å². The molecule has 124 valence electrons. The van der Waals surface area contributed by atoms with Crippen LogP contribution in [0.4, 0.5) is 0 Å². The Bertz CT molecular complexity index is 724. The van der Waals surface area contributed by atoms with Crippen molar-refractivity contribution in [3.05, 3.63) is 72.3 Å². The number of β-lactam (4-membered cyclic amide) rings is 1. The van der Waals surface area contributed by atoms with E-state index in [2.05, 4.69) is 80.0 Å². The van der Waals surface area contributed by atoms with Crippen LogP contribution in [-0.2, 0) is 4.79 Å². The van der Waals surface area contributed by atoms with Crippen LogP contribution in [0.25, 0.3) is 6.08 Å². The van der Waals surface area contributed by atoms with E-state index in [0.29, 0.717) is 5.54 Å². The third kappa shape index (κ3) is 3.22. The van der Waals surface area contributed by atoms with Crippen LogP contribution in [0.5, 0.6) is 0 Å². The lowest BCUT2D eigenvalue weighted by Gasteiger charge is -2.44. The normalized spacial score (nSPS) is 22.0. The van der Waals surface area contributed by atoms with E-state index in [1.165, 1.54) is 10.8 Å². The molecule has 1 N–H and O–H groups in total. The van der Waals surface area contributed by atoms with Gasteiger partial charge in [0.15, 0.2) is 0 Å². The third-order valence-electron chi connectivity index (χ3n) is 5.49. The highest BCUT2D eigenvalue weighted by Crippen LogP contribution is 2.36. The Hall–Kier alpha value is -2.13. The predicted octanol–water partition coefficient (Wildman–Crippen LogP) is 3.82. The van der Waals surface area contributed by atoms with Gasteiger partial charge in [0, 0.05) is 0 Å². The van der Waals surface area contributed by atoms with Gasteiger partial charge in [0.2, 0.25) is 5.91 Å². The monoisotopic (exact) mass is 335 g/mol. The lowest BCUT2D eigenvalue weighted by molar-refractivity contribution is -0.133. The fourth-order valence-corrected chi connectivity index (χ4v) is 6.32. The van der Waals surface area contributed by atoms with Gasteiger partial charge in [0.05, 0.1) is 20.0 Å². The summed E-state index contributed by atoms with van der Waals surface area (Å²) < 4.78 is 0. The molecule has 0 bridgehead atoms. The number of carbonyl (C=O) groups is 1. The maximum atomic E-state index is 12.2. The number of benzene rings is 2. The molecule has 0 saturated carbocycles. The quantitative estimate of drug-likeness (QED) is 0.653. The molecule has 1 fully saturated rings. The molecule has 0 unspecified atom stereocenters. The molecule has 24 heavy (non-hydrogen) atoms. The van der Waals surface area contributed by atoms with Crippen LogP contribution in [-0.4, -0.2) is 20.0 Å². The molecule has 3 atom stereocenters. The molecule has 1 aliphatic rings. The van der Waals surface area contributed by atoms with E-state index in [1.54, 1.807) is 0 Å². The van der Waals surface area contributed by atoms with Crippen LogP contribution in [0.15, 0.2) is 66.7 Å². The van der Waals surface area contributed by atoms with Crippen molar-refractivity contribution >= 4 is 25.2 Å². The second-order valence-electron chi connectivity index (χ2n) is 7.21. The fraction of sp³-hybridized carbons (Fsp3) is 0.286. The van der Waals surface area contributed by atoms with Crippen molar-refractivity contribution in [2.45, 2.75) is 31.6 Å². The second kappa shape index (κ2) is 6.77. The highest BCUT2D eigenvalue weighted by Gasteiger charge is 2.47. The van der Waals surface area contributed by atoms with Crippen molar-refractivity contribution in [3.63, 3.8) is 0 Å². The molecule has 0 radical (unpaired) electrons. The van der Waals surface area contributed by atoms with Gasteiger partial charge in [-0.25, -0.2) is 0 Å². The summed E-state index contributed by atoms with van der Waals surface area (Å²) in [6.45, 7) is 7.00. The number of hydrogen-bond acceptors (Lipinski definition) is 1. The topological polar surface area (TPSA) is 29.1 Å². The Morgan fingerprint density at radius 1 is 1.00 bits per heavy atom. The highest BCUT2D eigenvalue weighted by molar-refractivity contribution is 6.91. The van der Waals surface area contributed by atoms with Gasteiger partial charge in [-0.1, -0.05) is 98.0 Å². The zero-order chi connectivity index (χ0) is 17.2. The molecular weight excluding hydrogens is 310 g/mol. The van der Waals surface area contributed by atoms with Crippen LogP contribution in [0, 0.1) is 5.92 Å². The lowest BCUT2D eigenvalue weighted by atomic mass is 9.87. The first-order valence-electron chi connectivity index (χ1n) is 8.59. The van der Waals surface area contributed by atoms with Gasteiger partial charge in [-0.15, -0.1) is 0 Å². The average Bonchev–Trinajstić information content (AvgIpc) is 2.60. The van der Waals surface area contributed by atoms with Crippen LogP contribution in [0.3, 0.4) is 0 Å². The average molecular weight is 336 g/mol. The van der Waals surface area contributed by atoms with E-state index in [-0.39, 0.29) is 17.9 Å². The van der Waals surface area contributed by atoms with Crippen molar-refractivity contribution in [2.75, 3.05) is 0 Å². The molecule has 0 spiro atoms. The van der Waals surface area contributed by atoms with Gasteiger partial charge in [0.25, 0.3) is 0 Å². The van der Waals surface area contributed by atoms with Crippen molar-refractivity contribution < 1.29 is 4.79 Å². The van der Waals surface area contributed by atoms with Crippen molar-refractivity contribution in [1.29, 1.82) is 0 Å². The van der Waals surface area contributed by atoms with Crippen LogP contribution >= 0.6 is 0 Å². The minimum Gasteiger partial charge on any atom is -0.349 e. The Labute approximate surface area is 145 Å². The molecule has 2 aromatic rings. The van der Waals surface area contributed by atoms with Gasteiger partial charge in [-0.2, -0.15) is 0 Å². The Morgan fingerprint density at radius 2 is 1.58 bits per heavy atom. The highest BCUT2D eigenvalue weighted by atomic mass is 28.3. The molecule has 2 nitrogen and oxygen atoms in total. The van der Waals surface area contributed by atoms with Gasteiger partial charge in [0.1, 0.15) is 0 Å². The molecule has 1 aliphatic heterocycles. The third-order valence-corrected chi connectivity index (χ3v) is 9.95. The molecule has 1 heterocycles. The van der Waals surface area contributed by atoms with E-state index in [1.807, 2.05) is 18.2 Å². The summed E-state index contributed by atoms with van der Waals surface area (Å²) in [7, 11) is -1.70. The van der Waals surface area contributed by atoms with E-state index in [0.717, 1.165) is 0 Å². The molecule has 3 rings (SSSR count). The van der Waals surface area contributed by atoms with Crippen LogP contribution in [0.2, 0.25) is 18.6 Å². The summed E-state index contributed by atoms with van der Waals surface area (Å²) in [6, 6.07) is 21.1. The number of rotatable bonds is 5. The Kier molecular flexibility index (Phi) is 4.72. The number of carbonyl (C=O) groups excluding carboxylic acids is 1. The number of amides is 1. The fourth-order valence-electron chi connectivity index (χ4n) is 3.48. The molecular formula is C21H25NOSi. The van der Waals surface area contributed by atoms with Gasteiger partial charge in [-0.3, -0.25) is 4.79 Å². The summed E-state index contributed by atoms with van der Waals surface area (Å²) in [5, 5.41) is 4.48. The molecule has 1 amide bonds. The van der Waals surface area contributed by atoms with Gasteiger partial charge < -0.3 is 5.32 Å². The smallest absolute Gasteiger partial charge is 0.225 e. The van der Waals surface area contributed by atoms with E-state index < -0.39 is 8.07 Å². The minimum absolute atomic E-state index is 0.0758.